The maximum atomic E-state index is 12.8. The molecule has 2 aromatic rings. The van der Waals surface area contributed by atoms with Crippen LogP contribution in [0.1, 0.15) is 43.9 Å². The second-order valence-corrected chi connectivity index (χ2v) is 9.69. The molecule has 23 heavy (non-hydrogen) atoms. The van der Waals surface area contributed by atoms with E-state index in [4.69, 9.17) is 0 Å². The van der Waals surface area contributed by atoms with Crippen LogP contribution in [0.25, 0.3) is 0 Å². The summed E-state index contributed by atoms with van der Waals surface area (Å²) in [7, 11) is -3.16. The van der Waals surface area contributed by atoms with Gasteiger partial charge < -0.3 is 0 Å². The van der Waals surface area contributed by atoms with E-state index in [1.54, 1.807) is 6.20 Å². The van der Waals surface area contributed by atoms with Gasteiger partial charge in [0.25, 0.3) is 0 Å². The summed E-state index contributed by atoms with van der Waals surface area (Å²) in [6, 6.07) is 8.16. The molecule has 1 aromatic heterocycles. The minimum Gasteiger partial charge on any atom is -0.267 e. The molecule has 0 N–H and O–H groups in total. The molecule has 0 saturated carbocycles. The van der Waals surface area contributed by atoms with Crippen LogP contribution in [-0.2, 0) is 34.0 Å². The second-order valence-electron chi connectivity index (χ2n) is 7.40. The topological polar surface area (TPSA) is 52.0 Å². The van der Waals surface area contributed by atoms with Crippen molar-refractivity contribution in [3.8, 4) is 0 Å². The van der Waals surface area contributed by atoms with E-state index in [1.807, 2.05) is 23.0 Å². The van der Waals surface area contributed by atoms with Crippen LogP contribution < -0.4 is 0 Å². The van der Waals surface area contributed by atoms with Crippen molar-refractivity contribution in [2.24, 2.45) is 0 Å². The summed E-state index contributed by atoms with van der Waals surface area (Å²) < 4.78 is 27.4. The van der Waals surface area contributed by atoms with Gasteiger partial charge in [0.05, 0.1) is 22.7 Å². The van der Waals surface area contributed by atoms with Crippen LogP contribution in [0.2, 0.25) is 0 Å². The molecule has 0 aliphatic heterocycles. The molecule has 124 valence electrons. The number of hydrogen-bond acceptors (Lipinski definition) is 3. The molecular formula is C18H24N2O2S. The molecule has 1 aliphatic rings. The minimum atomic E-state index is -3.16. The van der Waals surface area contributed by atoms with Crippen LogP contribution in [0, 0.1) is 0 Å². The van der Waals surface area contributed by atoms with Crippen LogP contribution in [-0.4, -0.2) is 23.4 Å². The van der Waals surface area contributed by atoms with Crippen LogP contribution in [0.15, 0.2) is 36.7 Å². The summed E-state index contributed by atoms with van der Waals surface area (Å²) in [6.07, 6.45) is 5.73. The lowest BCUT2D eigenvalue weighted by atomic mass is 9.92. The summed E-state index contributed by atoms with van der Waals surface area (Å²) in [5, 5.41) is 4.02. The zero-order chi connectivity index (χ0) is 16.7. The van der Waals surface area contributed by atoms with Gasteiger partial charge in [0, 0.05) is 11.8 Å². The van der Waals surface area contributed by atoms with Crippen molar-refractivity contribution >= 4 is 9.84 Å². The molecular weight excluding hydrogens is 308 g/mol. The minimum absolute atomic E-state index is 0.0793. The standard InChI is InChI=1S/C18H24N2O2S/c1-18(2,3)20-12-14(11-19-20)13-23(21,22)17-9-8-15-6-4-5-7-16(15)10-17/h4-7,11-12,17H,8-10,13H2,1-3H3. The van der Waals surface area contributed by atoms with Gasteiger partial charge in [0.15, 0.2) is 9.84 Å². The Labute approximate surface area is 138 Å². The number of aromatic nitrogens is 2. The van der Waals surface area contributed by atoms with Gasteiger partial charge in [-0.05, 0) is 51.2 Å². The number of sulfone groups is 1. The number of benzene rings is 1. The number of aryl methyl sites for hydroxylation is 1. The number of nitrogens with zero attached hydrogens (tertiary/aromatic N) is 2. The van der Waals surface area contributed by atoms with Gasteiger partial charge in [0.1, 0.15) is 0 Å². The van der Waals surface area contributed by atoms with E-state index in [0.717, 1.165) is 12.0 Å². The molecule has 0 spiro atoms. The van der Waals surface area contributed by atoms with Crippen LogP contribution >= 0.6 is 0 Å². The summed E-state index contributed by atoms with van der Waals surface area (Å²) in [5.74, 6) is 0.0793. The predicted molar refractivity (Wildman–Crippen MR) is 92.1 cm³/mol. The van der Waals surface area contributed by atoms with E-state index in [2.05, 4.69) is 38.0 Å². The Bertz CT molecular complexity index is 800. The highest BCUT2D eigenvalue weighted by atomic mass is 32.2. The second kappa shape index (κ2) is 5.78. The average Bonchev–Trinajstić information content (AvgIpc) is 2.94. The molecule has 1 aliphatic carbocycles. The number of rotatable bonds is 3. The Morgan fingerprint density at radius 2 is 1.91 bits per heavy atom. The molecule has 1 heterocycles. The van der Waals surface area contributed by atoms with E-state index in [1.165, 1.54) is 11.1 Å². The highest BCUT2D eigenvalue weighted by Crippen LogP contribution is 2.27. The number of fused-ring (bicyclic) bond motifs is 1. The monoisotopic (exact) mass is 332 g/mol. The molecule has 3 rings (SSSR count). The Morgan fingerprint density at radius 1 is 1.22 bits per heavy atom. The van der Waals surface area contributed by atoms with Crippen LogP contribution in [0.5, 0.6) is 0 Å². The Hall–Kier alpha value is -1.62. The predicted octanol–water partition coefficient (Wildman–Crippen LogP) is 3.11. The first kappa shape index (κ1) is 16.2. The van der Waals surface area contributed by atoms with Gasteiger partial charge in [0.2, 0.25) is 0 Å². The van der Waals surface area contributed by atoms with Crippen molar-refractivity contribution < 1.29 is 8.42 Å². The highest BCUT2D eigenvalue weighted by Gasteiger charge is 2.30. The first-order valence-corrected chi connectivity index (χ1v) is 9.79. The number of hydrogen-bond donors (Lipinski definition) is 0. The van der Waals surface area contributed by atoms with Crippen molar-refractivity contribution in [2.45, 2.75) is 56.6 Å². The lowest BCUT2D eigenvalue weighted by Gasteiger charge is -2.24. The van der Waals surface area contributed by atoms with Gasteiger partial charge in [-0.15, -0.1) is 0 Å². The highest BCUT2D eigenvalue weighted by molar-refractivity contribution is 7.91. The summed E-state index contributed by atoms with van der Waals surface area (Å²) >= 11 is 0. The van der Waals surface area contributed by atoms with E-state index < -0.39 is 9.84 Å². The summed E-state index contributed by atoms with van der Waals surface area (Å²) in [4.78, 5) is 0. The van der Waals surface area contributed by atoms with Gasteiger partial charge >= 0.3 is 0 Å². The first-order valence-electron chi connectivity index (χ1n) is 8.08. The fourth-order valence-electron chi connectivity index (χ4n) is 3.12. The Kier molecular flexibility index (Phi) is 4.08. The Morgan fingerprint density at radius 3 is 2.57 bits per heavy atom. The van der Waals surface area contributed by atoms with Gasteiger partial charge in [-0.1, -0.05) is 24.3 Å². The van der Waals surface area contributed by atoms with Crippen LogP contribution in [0.3, 0.4) is 0 Å². The molecule has 0 saturated heterocycles. The van der Waals surface area contributed by atoms with Crippen molar-refractivity contribution in [1.82, 2.24) is 9.78 Å². The van der Waals surface area contributed by atoms with Gasteiger partial charge in [-0.25, -0.2) is 8.42 Å². The van der Waals surface area contributed by atoms with Crippen molar-refractivity contribution in [2.75, 3.05) is 0 Å². The SMILES string of the molecule is CC(C)(C)n1cc(CS(=O)(=O)C2CCc3ccccc3C2)cn1. The molecule has 0 fully saturated rings. The van der Waals surface area contributed by atoms with E-state index in [9.17, 15) is 8.42 Å². The van der Waals surface area contributed by atoms with Crippen LogP contribution in [0.4, 0.5) is 0 Å². The molecule has 0 bridgehead atoms. The molecule has 0 amide bonds. The zero-order valence-corrected chi connectivity index (χ0v) is 14.8. The molecule has 1 aromatic carbocycles. The van der Waals surface area contributed by atoms with Crippen molar-refractivity contribution in [3.63, 3.8) is 0 Å². The van der Waals surface area contributed by atoms with E-state index in [0.29, 0.717) is 12.8 Å². The third kappa shape index (κ3) is 3.50. The van der Waals surface area contributed by atoms with Gasteiger partial charge in [-0.3, -0.25) is 4.68 Å². The molecule has 1 atom stereocenters. The van der Waals surface area contributed by atoms with E-state index >= 15 is 0 Å². The summed E-state index contributed by atoms with van der Waals surface area (Å²) in [5.41, 5.74) is 3.11. The van der Waals surface area contributed by atoms with Crippen molar-refractivity contribution in [1.29, 1.82) is 0 Å². The fourth-order valence-corrected chi connectivity index (χ4v) is 4.88. The quantitative estimate of drug-likeness (QED) is 0.868. The lowest BCUT2D eigenvalue weighted by molar-refractivity contribution is 0.355. The summed E-state index contributed by atoms with van der Waals surface area (Å²) in [6.45, 7) is 6.16. The molecule has 1 unspecified atom stereocenters. The Balaban J connectivity index is 1.77. The lowest BCUT2D eigenvalue weighted by Crippen LogP contribution is -2.29. The smallest absolute Gasteiger partial charge is 0.157 e. The third-order valence-electron chi connectivity index (χ3n) is 4.50. The van der Waals surface area contributed by atoms with E-state index in [-0.39, 0.29) is 16.5 Å². The molecule has 0 radical (unpaired) electrons. The molecule has 5 heteroatoms. The first-order chi connectivity index (χ1) is 10.8. The van der Waals surface area contributed by atoms with Crippen molar-refractivity contribution in [3.05, 3.63) is 53.3 Å². The fraction of sp³-hybridized carbons (Fsp3) is 0.500. The average molecular weight is 332 g/mol. The van der Waals surface area contributed by atoms with Gasteiger partial charge in [-0.2, -0.15) is 5.10 Å². The third-order valence-corrected chi connectivity index (χ3v) is 6.65. The largest absolute Gasteiger partial charge is 0.267 e. The maximum absolute atomic E-state index is 12.8. The normalized spacial score (nSPS) is 18.7. The molecule has 4 nitrogen and oxygen atoms in total. The maximum Gasteiger partial charge on any atom is 0.157 e. The zero-order valence-electron chi connectivity index (χ0n) is 14.0.